The molecule has 1 aromatic rings. The van der Waals surface area contributed by atoms with Gasteiger partial charge in [0.25, 0.3) is 0 Å². The molecule has 0 spiro atoms. The molecule has 0 saturated carbocycles. The third-order valence-electron chi connectivity index (χ3n) is 3.91. The monoisotopic (exact) mass is 279 g/mol. The van der Waals surface area contributed by atoms with Gasteiger partial charge in [-0.15, -0.1) is 0 Å². The molecule has 0 aromatic carbocycles. The fourth-order valence-corrected chi connectivity index (χ4v) is 3.00. The summed E-state index contributed by atoms with van der Waals surface area (Å²) in [5, 5.41) is 13.7. The predicted octanol–water partition coefficient (Wildman–Crippen LogP) is 1.58. The van der Waals surface area contributed by atoms with E-state index in [-0.39, 0.29) is 11.9 Å². The van der Waals surface area contributed by atoms with Gasteiger partial charge in [0, 0.05) is 25.7 Å². The number of carbonyl (C=O) groups excluding carboxylic acids is 1. The van der Waals surface area contributed by atoms with Gasteiger partial charge in [-0.1, -0.05) is 0 Å². The van der Waals surface area contributed by atoms with Gasteiger partial charge >= 0.3 is 5.97 Å². The molecule has 2 heterocycles. The van der Waals surface area contributed by atoms with E-state index in [0.717, 1.165) is 5.69 Å². The Morgan fingerprint density at radius 2 is 2.20 bits per heavy atom. The molecule has 2 unspecified atom stereocenters. The highest BCUT2D eigenvalue weighted by Gasteiger charge is 2.40. The molecule has 1 saturated heterocycles. The van der Waals surface area contributed by atoms with Crippen molar-refractivity contribution in [2.75, 3.05) is 0 Å². The number of likely N-dealkylation sites (tertiary alicyclic amines) is 1. The van der Waals surface area contributed by atoms with Crippen molar-refractivity contribution in [1.82, 2.24) is 14.7 Å². The van der Waals surface area contributed by atoms with E-state index in [1.165, 1.54) is 0 Å². The molecule has 2 rings (SSSR count). The van der Waals surface area contributed by atoms with Gasteiger partial charge in [0.15, 0.2) is 0 Å². The smallest absolute Gasteiger partial charge is 0.309 e. The second-order valence-corrected chi connectivity index (χ2v) is 5.56. The first-order chi connectivity index (χ1) is 9.43. The van der Waals surface area contributed by atoms with E-state index in [9.17, 15) is 14.7 Å². The summed E-state index contributed by atoms with van der Waals surface area (Å²) < 4.78 is 1.66. The van der Waals surface area contributed by atoms with Crippen molar-refractivity contribution in [3.63, 3.8) is 0 Å². The van der Waals surface area contributed by atoms with Crippen LogP contribution in [-0.2, 0) is 16.6 Å². The van der Waals surface area contributed by atoms with Crippen LogP contribution >= 0.6 is 0 Å². The Labute approximate surface area is 118 Å². The number of carboxylic acids is 1. The minimum Gasteiger partial charge on any atom is -0.481 e. The molecule has 0 bridgehead atoms. The Morgan fingerprint density at radius 1 is 1.50 bits per heavy atom. The fourth-order valence-electron chi connectivity index (χ4n) is 3.00. The maximum Gasteiger partial charge on any atom is 0.309 e. The first-order valence-corrected chi connectivity index (χ1v) is 6.95. The zero-order valence-electron chi connectivity index (χ0n) is 12.1. The number of carboxylic acid groups (broad SMARTS) is 1. The second-order valence-electron chi connectivity index (χ2n) is 5.56. The van der Waals surface area contributed by atoms with Crippen molar-refractivity contribution in [3.8, 4) is 0 Å². The number of hydrogen-bond acceptors (Lipinski definition) is 3. The molecule has 1 aliphatic heterocycles. The van der Waals surface area contributed by atoms with Crippen LogP contribution in [0.1, 0.15) is 44.8 Å². The Bertz CT molecular complexity index is 510. The molecule has 6 nitrogen and oxygen atoms in total. The van der Waals surface area contributed by atoms with Gasteiger partial charge < -0.3 is 10.0 Å². The number of aliphatic carboxylic acids is 1. The van der Waals surface area contributed by atoms with E-state index < -0.39 is 17.9 Å². The van der Waals surface area contributed by atoms with E-state index in [2.05, 4.69) is 5.10 Å². The normalized spacial score (nSPS) is 24.0. The van der Waals surface area contributed by atoms with Gasteiger partial charge in [0.1, 0.15) is 0 Å². The molecule has 1 N–H and O–H groups in total. The second kappa shape index (κ2) is 5.64. The Kier molecular flexibility index (Phi) is 4.11. The Balaban J connectivity index is 2.52. The zero-order chi connectivity index (χ0) is 14.9. The van der Waals surface area contributed by atoms with Gasteiger partial charge in [0.2, 0.25) is 5.91 Å². The number of hydrogen-bond donors (Lipinski definition) is 1. The number of aromatic nitrogens is 2. The van der Waals surface area contributed by atoms with Crippen LogP contribution in [0.25, 0.3) is 0 Å². The molecule has 1 aliphatic rings. The number of carbonyl (C=O) groups is 2. The van der Waals surface area contributed by atoms with E-state index in [1.807, 2.05) is 13.8 Å². The van der Waals surface area contributed by atoms with Crippen molar-refractivity contribution >= 4 is 11.9 Å². The summed E-state index contributed by atoms with van der Waals surface area (Å²) in [6.45, 7) is 3.84. The molecule has 20 heavy (non-hydrogen) atoms. The number of nitrogens with zero attached hydrogens (tertiary/aromatic N) is 3. The minimum atomic E-state index is -0.850. The highest BCUT2D eigenvalue weighted by atomic mass is 16.4. The minimum absolute atomic E-state index is 0.0231. The fraction of sp³-hybridized carbons (Fsp3) is 0.643. The highest BCUT2D eigenvalue weighted by molar-refractivity contribution is 5.80. The predicted molar refractivity (Wildman–Crippen MR) is 72.9 cm³/mol. The molecule has 6 heteroatoms. The van der Waals surface area contributed by atoms with Crippen LogP contribution in [0.2, 0.25) is 0 Å². The van der Waals surface area contributed by atoms with Crippen LogP contribution < -0.4 is 0 Å². The van der Waals surface area contributed by atoms with Crippen LogP contribution in [0.3, 0.4) is 0 Å². The Hall–Kier alpha value is -1.85. The van der Waals surface area contributed by atoms with Crippen molar-refractivity contribution in [2.24, 2.45) is 13.0 Å². The topological polar surface area (TPSA) is 75.4 Å². The van der Waals surface area contributed by atoms with Gasteiger partial charge in [-0.3, -0.25) is 14.3 Å². The van der Waals surface area contributed by atoms with Crippen molar-refractivity contribution in [3.05, 3.63) is 18.0 Å². The lowest BCUT2D eigenvalue weighted by Gasteiger charge is -2.36. The first kappa shape index (κ1) is 14.6. The summed E-state index contributed by atoms with van der Waals surface area (Å²) in [6, 6.07) is 1.31. The van der Waals surface area contributed by atoms with Crippen molar-refractivity contribution in [2.45, 2.75) is 45.2 Å². The lowest BCUT2D eigenvalue weighted by molar-refractivity contribution is -0.147. The summed E-state index contributed by atoms with van der Waals surface area (Å²) in [6.07, 6.45) is 3.19. The molecule has 0 radical (unpaired) electrons. The maximum atomic E-state index is 12.3. The van der Waals surface area contributed by atoms with Crippen molar-refractivity contribution < 1.29 is 14.7 Å². The lowest BCUT2D eigenvalue weighted by atomic mass is 9.91. The number of rotatable bonds is 3. The quantitative estimate of drug-likeness (QED) is 0.911. The summed E-state index contributed by atoms with van der Waals surface area (Å²) in [7, 11) is 1.78. The van der Waals surface area contributed by atoms with Crippen LogP contribution in [-0.4, -0.2) is 37.7 Å². The molecular weight excluding hydrogens is 258 g/mol. The third-order valence-corrected chi connectivity index (χ3v) is 3.91. The highest BCUT2D eigenvalue weighted by Crippen LogP contribution is 2.36. The molecule has 2 atom stereocenters. The van der Waals surface area contributed by atoms with Crippen LogP contribution in [0.4, 0.5) is 0 Å². The average Bonchev–Trinajstić information content (AvgIpc) is 2.68. The summed E-state index contributed by atoms with van der Waals surface area (Å²) in [4.78, 5) is 25.7. The summed E-state index contributed by atoms with van der Waals surface area (Å²) >= 11 is 0. The maximum absolute atomic E-state index is 12.3. The van der Waals surface area contributed by atoms with E-state index in [4.69, 9.17) is 0 Å². The van der Waals surface area contributed by atoms with Crippen molar-refractivity contribution in [1.29, 1.82) is 0 Å². The average molecular weight is 279 g/mol. The molecule has 1 fully saturated rings. The molecule has 0 aliphatic carbocycles. The molecule has 1 aromatic heterocycles. The Morgan fingerprint density at radius 3 is 2.70 bits per heavy atom. The van der Waals surface area contributed by atoms with Gasteiger partial charge in [0.05, 0.1) is 17.7 Å². The largest absolute Gasteiger partial charge is 0.481 e. The molecular formula is C14H21N3O3. The molecule has 1 amide bonds. The SMILES string of the molecule is CC(C)N1C(=O)CCCC(C(=O)O)C1c1ccnn1C. The van der Waals surface area contributed by atoms with E-state index in [0.29, 0.717) is 19.3 Å². The number of aryl methyl sites for hydroxylation is 1. The van der Waals surface area contributed by atoms with E-state index >= 15 is 0 Å². The standard InChI is InChI=1S/C14H21N3O3/c1-9(2)17-12(18)6-4-5-10(14(19)20)13(17)11-7-8-15-16(11)3/h7-10,13H,4-6H2,1-3H3,(H,19,20). The first-order valence-electron chi connectivity index (χ1n) is 6.95. The lowest BCUT2D eigenvalue weighted by Crippen LogP contribution is -2.43. The van der Waals surface area contributed by atoms with Gasteiger partial charge in [-0.05, 0) is 32.8 Å². The van der Waals surface area contributed by atoms with Gasteiger partial charge in [-0.2, -0.15) is 5.10 Å². The third kappa shape index (κ3) is 2.55. The molecule has 110 valence electrons. The van der Waals surface area contributed by atoms with Crippen LogP contribution in [0, 0.1) is 5.92 Å². The zero-order valence-corrected chi connectivity index (χ0v) is 12.1. The summed E-state index contributed by atoms with van der Waals surface area (Å²) in [5.74, 6) is -1.41. The van der Waals surface area contributed by atoms with E-state index in [1.54, 1.807) is 28.9 Å². The van der Waals surface area contributed by atoms with Crippen LogP contribution in [0.15, 0.2) is 12.3 Å². The number of amides is 1. The van der Waals surface area contributed by atoms with Gasteiger partial charge in [-0.25, -0.2) is 0 Å². The van der Waals surface area contributed by atoms with Crippen LogP contribution in [0.5, 0.6) is 0 Å². The summed E-state index contributed by atoms with van der Waals surface area (Å²) in [5.41, 5.74) is 0.779.